The van der Waals surface area contributed by atoms with Crippen molar-refractivity contribution in [2.45, 2.75) is 25.9 Å². The van der Waals surface area contributed by atoms with Crippen molar-refractivity contribution in [1.29, 1.82) is 0 Å². The predicted octanol–water partition coefficient (Wildman–Crippen LogP) is -1.05. The summed E-state index contributed by atoms with van der Waals surface area (Å²) < 4.78 is 0. The van der Waals surface area contributed by atoms with E-state index in [0.717, 1.165) is 0 Å². The Balaban J connectivity index is 2.45. The standard InChI is InChI=1S/C10H19N3O3/c1-7(11)9(14)13-5-3-12(4-6-13)8(2)10(15)16/h7-8H,3-6,11H2,1-2H3,(H,15,16)/t7-,8?/m0/s1. The van der Waals surface area contributed by atoms with Crippen LogP contribution in [0.25, 0.3) is 0 Å². The van der Waals surface area contributed by atoms with E-state index in [1.165, 1.54) is 0 Å². The summed E-state index contributed by atoms with van der Waals surface area (Å²) in [6.07, 6.45) is 0. The number of nitrogens with zero attached hydrogens (tertiary/aromatic N) is 2. The highest BCUT2D eigenvalue weighted by Gasteiger charge is 2.27. The van der Waals surface area contributed by atoms with Crippen LogP contribution in [0.3, 0.4) is 0 Å². The second-order valence-corrected chi connectivity index (χ2v) is 4.16. The molecule has 3 N–H and O–H groups in total. The van der Waals surface area contributed by atoms with Gasteiger partial charge in [-0.05, 0) is 13.8 Å². The summed E-state index contributed by atoms with van der Waals surface area (Å²) in [5.41, 5.74) is 5.51. The smallest absolute Gasteiger partial charge is 0.320 e. The first-order chi connectivity index (χ1) is 7.43. The van der Waals surface area contributed by atoms with Crippen LogP contribution < -0.4 is 5.73 Å². The number of amides is 1. The Hall–Kier alpha value is -1.14. The molecule has 0 spiro atoms. The second kappa shape index (κ2) is 5.27. The van der Waals surface area contributed by atoms with Crippen LogP contribution in [0.5, 0.6) is 0 Å². The van der Waals surface area contributed by atoms with Crippen LogP contribution in [0.4, 0.5) is 0 Å². The molecule has 2 atom stereocenters. The minimum atomic E-state index is -0.827. The molecule has 0 aromatic rings. The molecule has 1 heterocycles. The Bertz CT molecular complexity index is 272. The monoisotopic (exact) mass is 229 g/mol. The molecule has 1 rings (SSSR count). The number of aliphatic carboxylic acids is 1. The lowest BCUT2D eigenvalue weighted by atomic mass is 10.2. The third-order valence-corrected chi connectivity index (χ3v) is 2.92. The molecule has 0 bridgehead atoms. The quantitative estimate of drug-likeness (QED) is 0.645. The Kier molecular flexibility index (Phi) is 4.26. The first-order valence-corrected chi connectivity index (χ1v) is 5.44. The van der Waals surface area contributed by atoms with Crippen molar-refractivity contribution in [2.75, 3.05) is 26.2 Å². The first kappa shape index (κ1) is 12.9. The van der Waals surface area contributed by atoms with E-state index in [1.807, 2.05) is 4.90 Å². The number of piperazine rings is 1. The van der Waals surface area contributed by atoms with Crippen molar-refractivity contribution in [3.63, 3.8) is 0 Å². The molecule has 1 aliphatic heterocycles. The molecule has 6 nitrogen and oxygen atoms in total. The second-order valence-electron chi connectivity index (χ2n) is 4.16. The molecule has 0 aromatic heterocycles. The van der Waals surface area contributed by atoms with Gasteiger partial charge in [0.2, 0.25) is 5.91 Å². The largest absolute Gasteiger partial charge is 0.480 e. The van der Waals surface area contributed by atoms with Crippen molar-refractivity contribution >= 4 is 11.9 Å². The van der Waals surface area contributed by atoms with E-state index >= 15 is 0 Å². The number of carboxylic acid groups (broad SMARTS) is 1. The first-order valence-electron chi connectivity index (χ1n) is 5.44. The van der Waals surface area contributed by atoms with Gasteiger partial charge in [-0.1, -0.05) is 0 Å². The van der Waals surface area contributed by atoms with Crippen LogP contribution in [0, 0.1) is 0 Å². The number of hydrogen-bond acceptors (Lipinski definition) is 4. The number of rotatable bonds is 3. The molecule has 0 radical (unpaired) electrons. The van der Waals surface area contributed by atoms with Gasteiger partial charge in [-0.15, -0.1) is 0 Å². The highest BCUT2D eigenvalue weighted by atomic mass is 16.4. The maximum absolute atomic E-state index is 11.6. The molecular formula is C10H19N3O3. The molecule has 6 heteroatoms. The van der Waals surface area contributed by atoms with Gasteiger partial charge in [-0.2, -0.15) is 0 Å². The van der Waals surface area contributed by atoms with E-state index in [1.54, 1.807) is 18.7 Å². The minimum Gasteiger partial charge on any atom is -0.480 e. The molecule has 1 fully saturated rings. The van der Waals surface area contributed by atoms with E-state index in [0.29, 0.717) is 26.2 Å². The molecule has 1 saturated heterocycles. The maximum Gasteiger partial charge on any atom is 0.320 e. The zero-order valence-corrected chi connectivity index (χ0v) is 9.72. The summed E-state index contributed by atoms with van der Waals surface area (Å²) in [4.78, 5) is 25.9. The normalized spacial score (nSPS) is 21.6. The molecule has 1 aliphatic rings. The van der Waals surface area contributed by atoms with Gasteiger partial charge in [0.25, 0.3) is 0 Å². The fraction of sp³-hybridized carbons (Fsp3) is 0.800. The van der Waals surface area contributed by atoms with Crippen LogP contribution in [-0.2, 0) is 9.59 Å². The van der Waals surface area contributed by atoms with Gasteiger partial charge >= 0.3 is 5.97 Å². The highest BCUT2D eigenvalue weighted by molar-refractivity contribution is 5.81. The van der Waals surface area contributed by atoms with Crippen LogP contribution in [0.15, 0.2) is 0 Å². The average molecular weight is 229 g/mol. The van der Waals surface area contributed by atoms with Gasteiger partial charge in [0.05, 0.1) is 6.04 Å². The zero-order chi connectivity index (χ0) is 12.3. The van der Waals surface area contributed by atoms with Crippen LogP contribution in [0.1, 0.15) is 13.8 Å². The molecule has 0 aromatic carbocycles. The van der Waals surface area contributed by atoms with Crippen LogP contribution in [-0.4, -0.2) is 65.0 Å². The van der Waals surface area contributed by atoms with Gasteiger partial charge < -0.3 is 15.7 Å². The topological polar surface area (TPSA) is 86.9 Å². The summed E-state index contributed by atoms with van der Waals surface area (Å²) in [7, 11) is 0. The number of carbonyl (C=O) groups is 2. The Labute approximate surface area is 95.0 Å². The van der Waals surface area contributed by atoms with Crippen molar-refractivity contribution in [2.24, 2.45) is 5.73 Å². The lowest BCUT2D eigenvalue weighted by Crippen LogP contribution is -2.55. The SMILES string of the molecule is CC(C(=O)O)N1CCN(C(=O)[C@H](C)N)CC1. The van der Waals surface area contributed by atoms with Crippen molar-refractivity contribution < 1.29 is 14.7 Å². The van der Waals surface area contributed by atoms with Crippen molar-refractivity contribution in [3.05, 3.63) is 0 Å². The molecule has 92 valence electrons. The molecule has 0 saturated carbocycles. The van der Waals surface area contributed by atoms with Crippen molar-refractivity contribution in [1.82, 2.24) is 9.80 Å². The number of nitrogens with two attached hydrogens (primary N) is 1. The number of carboxylic acids is 1. The molecular weight excluding hydrogens is 210 g/mol. The summed E-state index contributed by atoms with van der Waals surface area (Å²) in [5, 5.41) is 8.86. The average Bonchev–Trinajstić information content (AvgIpc) is 2.27. The van der Waals surface area contributed by atoms with Crippen molar-refractivity contribution in [3.8, 4) is 0 Å². The summed E-state index contributed by atoms with van der Waals surface area (Å²) in [6.45, 7) is 5.60. The van der Waals surface area contributed by atoms with E-state index in [2.05, 4.69) is 0 Å². The third kappa shape index (κ3) is 2.93. The van der Waals surface area contributed by atoms with Gasteiger partial charge in [0, 0.05) is 26.2 Å². The number of carbonyl (C=O) groups excluding carboxylic acids is 1. The van der Waals surface area contributed by atoms with Gasteiger partial charge in [0.1, 0.15) is 6.04 Å². The zero-order valence-electron chi connectivity index (χ0n) is 9.72. The number of hydrogen-bond donors (Lipinski definition) is 2. The Morgan fingerprint density at radius 1 is 1.19 bits per heavy atom. The lowest BCUT2D eigenvalue weighted by molar-refractivity contribution is -0.144. The minimum absolute atomic E-state index is 0.0670. The highest BCUT2D eigenvalue weighted by Crippen LogP contribution is 2.07. The molecule has 1 unspecified atom stereocenters. The van der Waals surface area contributed by atoms with Crippen LogP contribution in [0.2, 0.25) is 0 Å². The van der Waals surface area contributed by atoms with E-state index in [4.69, 9.17) is 10.8 Å². The lowest BCUT2D eigenvalue weighted by Gasteiger charge is -2.37. The van der Waals surface area contributed by atoms with Crippen LogP contribution >= 0.6 is 0 Å². The molecule has 0 aliphatic carbocycles. The Morgan fingerprint density at radius 3 is 2.06 bits per heavy atom. The Morgan fingerprint density at radius 2 is 1.69 bits per heavy atom. The summed E-state index contributed by atoms with van der Waals surface area (Å²) >= 11 is 0. The maximum atomic E-state index is 11.6. The van der Waals surface area contributed by atoms with Gasteiger partial charge in [-0.3, -0.25) is 14.5 Å². The third-order valence-electron chi connectivity index (χ3n) is 2.92. The van der Waals surface area contributed by atoms with E-state index in [9.17, 15) is 9.59 Å². The predicted molar refractivity (Wildman–Crippen MR) is 58.9 cm³/mol. The van der Waals surface area contributed by atoms with E-state index < -0.39 is 18.1 Å². The summed E-state index contributed by atoms with van der Waals surface area (Å²) in [5.74, 6) is -0.894. The van der Waals surface area contributed by atoms with E-state index in [-0.39, 0.29) is 5.91 Å². The molecule has 1 amide bonds. The fourth-order valence-electron chi connectivity index (χ4n) is 1.77. The fourth-order valence-corrected chi connectivity index (χ4v) is 1.77. The van der Waals surface area contributed by atoms with Gasteiger partial charge in [0.15, 0.2) is 0 Å². The summed E-state index contributed by atoms with van der Waals surface area (Å²) in [6, 6.07) is -0.976. The van der Waals surface area contributed by atoms with Gasteiger partial charge in [-0.25, -0.2) is 0 Å². The molecule has 16 heavy (non-hydrogen) atoms.